The molecule has 0 aliphatic rings. The molecule has 10 aromatic carbocycles. The lowest BCUT2D eigenvalue weighted by atomic mass is 9.94. The fourth-order valence-corrected chi connectivity index (χ4v) is 10.5. The summed E-state index contributed by atoms with van der Waals surface area (Å²) in [6.45, 7) is 0. The van der Waals surface area contributed by atoms with Crippen LogP contribution < -0.4 is 4.90 Å². The molecule has 0 spiro atoms. The van der Waals surface area contributed by atoms with E-state index in [0.29, 0.717) is 0 Å². The molecular formula is C60H39NOS. The van der Waals surface area contributed by atoms with Crippen molar-refractivity contribution in [3.63, 3.8) is 0 Å². The molecule has 3 heteroatoms. The van der Waals surface area contributed by atoms with Gasteiger partial charge in [0.1, 0.15) is 11.2 Å². The van der Waals surface area contributed by atoms with Gasteiger partial charge in [0.2, 0.25) is 0 Å². The molecule has 2 heterocycles. The number of nitrogens with zero attached hydrogens (tertiary/aromatic N) is 1. The summed E-state index contributed by atoms with van der Waals surface area (Å²) in [5.74, 6) is 0. The molecule has 0 aliphatic heterocycles. The van der Waals surface area contributed by atoms with Crippen LogP contribution in [0.4, 0.5) is 17.1 Å². The van der Waals surface area contributed by atoms with Crippen LogP contribution in [0, 0.1) is 0 Å². The third-order valence-electron chi connectivity index (χ3n) is 12.3. The first-order chi connectivity index (χ1) is 31.2. The summed E-state index contributed by atoms with van der Waals surface area (Å²) >= 11 is 1.89. The molecule has 12 aromatic rings. The van der Waals surface area contributed by atoms with Crippen LogP contribution >= 0.6 is 11.3 Å². The first-order valence-electron chi connectivity index (χ1n) is 21.4. The summed E-state index contributed by atoms with van der Waals surface area (Å²) in [6.07, 6.45) is 0. The van der Waals surface area contributed by atoms with Gasteiger partial charge in [0.25, 0.3) is 0 Å². The zero-order valence-electron chi connectivity index (χ0n) is 34.3. The Labute approximate surface area is 370 Å². The molecule has 0 saturated heterocycles. The van der Waals surface area contributed by atoms with Gasteiger partial charge in [-0.2, -0.15) is 0 Å². The average molecular weight is 822 g/mol. The van der Waals surface area contributed by atoms with Crippen molar-refractivity contribution in [3.8, 4) is 55.6 Å². The van der Waals surface area contributed by atoms with Crippen molar-refractivity contribution in [2.24, 2.45) is 0 Å². The molecule has 0 aliphatic carbocycles. The third-order valence-corrected chi connectivity index (χ3v) is 13.6. The minimum atomic E-state index is 0.902. The van der Waals surface area contributed by atoms with E-state index in [4.69, 9.17) is 4.42 Å². The molecule has 2 aromatic heterocycles. The molecule has 296 valence electrons. The number of fused-ring (bicyclic) bond motifs is 6. The lowest BCUT2D eigenvalue weighted by Crippen LogP contribution is -2.09. The quantitative estimate of drug-likeness (QED) is 0.152. The minimum absolute atomic E-state index is 0.902. The Kier molecular flexibility index (Phi) is 9.06. The summed E-state index contributed by atoms with van der Waals surface area (Å²) < 4.78 is 8.83. The van der Waals surface area contributed by atoms with Crippen molar-refractivity contribution in [3.05, 3.63) is 237 Å². The Morgan fingerprint density at radius 1 is 0.270 bits per heavy atom. The lowest BCUT2D eigenvalue weighted by molar-refractivity contribution is 0.669. The van der Waals surface area contributed by atoms with Gasteiger partial charge in [-0.1, -0.05) is 170 Å². The molecule has 2 nitrogen and oxygen atoms in total. The Balaban J connectivity index is 1.01. The van der Waals surface area contributed by atoms with Crippen LogP contribution in [0.3, 0.4) is 0 Å². The lowest BCUT2D eigenvalue weighted by Gasteiger charge is -2.26. The zero-order valence-corrected chi connectivity index (χ0v) is 35.1. The smallest absolute Gasteiger partial charge is 0.135 e. The van der Waals surface area contributed by atoms with Crippen molar-refractivity contribution < 1.29 is 4.42 Å². The maximum absolute atomic E-state index is 6.25. The fourth-order valence-electron chi connectivity index (χ4n) is 9.14. The number of anilines is 3. The first-order valence-corrected chi connectivity index (χ1v) is 22.2. The summed E-state index contributed by atoms with van der Waals surface area (Å²) in [5, 5.41) is 4.80. The number of para-hydroxylation sites is 1. The standard InChI is InChI=1S/C60H39NOS/c1-4-13-40(14-5-1)42-23-30-48(31-24-42)61(49-32-25-43(26-33-49)41-15-6-2-7-16-41)50-34-27-45(28-35-50)54-38-47(46-29-36-58-55(37-46)52-19-10-11-22-57(52)62-58)39-56-53-21-12-20-51(59(53)63-60(54)56)44-17-8-3-9-18-44/h1-39H. The molecule has 0 atom stereocenters. The predicted molar refractivity (Wildman–Crippen MR) is 268 cm³/mol. The maximum Gasteiger partial charge on any atom is 0.135 e. The second kappa shape index (κ2) is 15.5. The van der Waals surface area contributed by atoms with Crippen LogP contribution in [-0.2, 0) is 0 Å². The number of hydrogen-bond donors (Lipinski definition) is 0. The number of thiophene rings is 1. The van der Waals surface area contributed by atoms with Crippen LogP contribution in [-0.4, -0.2) is 0 Å². The normalized spacial score (nSPS) is 11.5. The van der Waals surface area contributed by atoms with Crippen LogP contribution in [0.15, 0.2) is 241 Å². The van der Waals surface area contributed by atoms with E-state index in [2.05, 4.69) is 229 Å². The van der Waals surface area contributed by atoms with E-state index in [-0.39, 0.29) is 0 Å². The fraction of sp³-hybridized carbons (Fsp3) is 0. The van der Waals surface area contributed by atoms with E-state index in [1.165, 1.54) is 70.2 Å². The van der Waals surface area contributed by atoms with Gasteiger partial charge < -0.3 is 9.32 Å². The summed E-state index contributed by atoms with van der Waals surface area (Å²) in [4.78, 5) is 2.36. The van der Waals surface area contributed by atoms with E-state index in [9.17, 15) is 0 Å². The van der Waals surface area contributed by atoms with E-state index in [0.717, 1.165) is 44.6 Å². The molecule has 0 amide bonds. The van der Waals surface area contributed by atoms with Gasteiger partial charge in [-0.05, 0) is 117 Å². The highest BCUT2D eigenvalue weighted by Crippen LogP contribution is 2.47. The van der Waals surface area contributed by atoms with Crippen LogP contribution in [0.2, 0.25) is 0 Å². The van der Waals surface area contributed by atoms with E-state index >= 15 is 0 Å². The number of furan rings is 1. The monoisotopic (exact) mass is 821 g/mol. The van der Waals surface area contributed by atoms with Crippen LogP contribution in [0.1, 0.15) is 0 Å². The zero-order chi connectivity index (χ0) is 41.7. The Hall–Kier alpha value is -7.98. The second-order valence-electron chi connectivity index (χ2n) is 16.1. The number of benzene rings is 10. The second-order valence-corrected chi connectivity index (χ2v) is 17.1. The molecule has 63 heavy (non-hydrogen) atoms. The van der Waals surface area contributed by atoms with E-state index < -0.39 is 0 Å². The van der Waals surface area contributed by atoms with Gasteiger partial charge in [-0.15, -0.1) is 11.3 Å². The number of rotatable bonds is 8. The van der Waals surface area contributed by atoms with Gasteiger partial charge in [0.15, 0.2) is 0 Å². The van der Waals surface area contributed by atoms with Gasteiger partial charge in [-0.25, -0.2) is 0 Å². The molecule has 0 radical (unpaired) electrons. The van der Waals surface area contributed by atoms with Crippen molar-refractivity contribution >= 4 is 70.5 Å². The van der Waals surface area contributed by atoms with Crippen molar-refractivity contribution in [2.75, 3.05) is 4.90 Å². The SMILES string of the molecule is c1ccc(-c2ccc(N(c3ccc(-c4ccccc4)cc3)c3ccc(-c4cc(-c5ccc6oc7ccccc7c6c5)cc5c4sc4c(-c6ccccc6)cccc45)cc3)cc2)cc1. The highest BCUT2D eigenvalue weighted by Gasteiger charge is 2.19. The topological polar surface area (TPSA) is 16.4 Å². The Morgan fingerprint density at radius 2 is 0.714 bits per heavy atom. The van der Waals surface area contributed by atoms with Crippen molar-refractivity contribution in [1.82, 2.24) is 0 Å². The Bertz CT molecular complexity index is 3490. The highest BCUT2D eigenvalue weighted by atomic mass is 32.1. The van der Waals surface area contributed by atoms with Crippen LogP contribution in [0.5, 0.6) is 0 Å². The van der Waals surface area contributed by atoms with Gasteiger partial charge in [0.05, 0.1) is 0 Å². The third kappa shape index (κ3) is 6.67. The number of hydrogen-bond acceptors (Lipinski definition) is 3. The summed E-state index contributed by atoms with van der Waals surface area (Å²) in [7, 11) is 0. The molecule has 0 unspecified atom stereocenters. The van der Waals surface area contributed by atoms with Gasteiger partial charge >= 0.3 is 0 Å². The first kappa shape index (κ1) is 36.8. The summed E-state index contributed by atoms with van der Waals surface area (Å²) in [6, 6.07) is 85.3. The summed E-state index contributed by atoms with van der Waals surface area (Å²) in [5.41, 5.74) is 17.1. The molecule has 12 rings (SSSR count). The van der Waals surface area contributed by atoms with Crippen molar-refractivity contribution in [1.29, 1.82) is 0 Å². The maximum atomic E-state index is 6.25. The van der Waals surface area contributed by atoms with Crippen molar-refractivity contribution in [2.45, 2.75) is 0 Å². The Morgan fingerprint density at radius 3 is 1.33 bits per heavy atom. The molecule has 0 bridgehead atoms. The minimum Gasteiger partial charge on any atom is -0.456 e. The van der Waals surface area contributed by atoms with E-state index in [1.807, 2.05) is 23.5 Å². The highest BCUT2D eigenvalue weighted by molar-refractivity contribution is 7.26. The van der Waals surface area contributed by atoms with E-state index in [1.54, 1.807) is 0 Å². The van der Waals surface area contributed by atoms with Gasteiger partial charge in [0, 0.05) is 53.6 Å². The van der Waals surface area contributed by atoms with Crippen LogP contribution in [0.25, 0.3) is 97.7 Å². The molecular weight excluding hydrogens is 783 g/mol. The predicted octanol–water partition coefficient (Wildman–Crippen LogP) is 17.8. The average Bonchev–Trinajstić information content (AvgIpc) is 3.94. The molecule has 0 saturated carbocycles. The molecule has 0 fully saturated rings. The molecule has 0 N–H and O–H groups in total. The van der Waals surface area contributed by atoms with Gasteiger partial charge in [-0.3, -0.25) is 0 Å². The largest absolute Gasteiger partial charge is 0.456 e.